The van der Waals surface area contributed by atoms with Crippen LogP contribution in [0.1, 0.15) is 76.6 Å². The summed E-state index contributed by atoms with van der Waals surface area (Å²) in [5.74, 6) is 2.81. The van der Waals surface area contributed by atoms with Gasteiger partial charge in [0.05, 0.1) is 121 Å². The van der Waals surface area contributed by atoms with E-state index in [1.807, 2.05) is 19.1 Å². The fourth-order valence-corrected chi connectivity index (χ4v) is 11.0. The molecular weight excluding hydrogens is 2030 g/mol. The maximum atomic E-state index is 13.4. The number of aromatic nitrogens is 30. The number of tetrazole rings is 5. The minimum Gasteiger partial charge on any atom is -0.557 e. The van der Waals surface area contributed by atoms with E-state index in [-0.39, 0.29) is 247 Å². The van der Waals surface area contributed by atoms with Gasteiger partial charge in [-0.25, -0.2) is 32.8 Å². The first-order valence-corrected chi connectivity index (χ1v) is 35.2. The molecule has 0 aliphatic heterocycles. The van der Waals surface area contributed by atoms with Crippen molar-refractivity contribution < 1.29 is 219 Å². The van der Waals surface area contributed by atoms with Gasteiger partial charge in [0, 0.05) is 252 Å². The quantitative estimate of drug-likeness (QED) is 0.0578. The Bertz CT molecular complexity index is 6110. The van der Waals surface area contributed by atoms with E-state index in [2.05, 4.69) is 139 Å². The molecule has 15 aromatic rings. The Morgan fingerprint density at radius 3 is 0.968 bits per heavy atom. The van der Waals surface area contributed by atoms with Crippen LogP contribution in [0.15, 0.2) is 177 Å². The van der Waals surface area contributed by atoms with Gasteiger partial charge in [0.25, 0.3) is 6.43 Å². The molecule has 1 aliphatic carbocycles. The first-order chi connectivity index (χ1) is 58.1. The maximum absolute atomic E-state index is 13.4. The molecule has 633 valence electrons. The zero-order chi connectivity index (χ0) is 84.8. The van der Waals surface area contributed by atoms with Crippen molar-refractivity contribution in [1.82, 2.24) is 149 Å². The third kappa shape index (κ3) is 26.4. The summed E-state index contributed by atoms with van der Waals surface area (Å²) in [6, 6.07) is 24.0. The second-order valence-corrected chi connectivity index (χ2v) is 24.6. The Balaban J connectivity index is 0.000000212. The minimum absolute atomic E-state index is 0. The van der Waals surface area contributed by atoms with E-state index in [9.17, 15) is 45.9 Å². The van der Waals surface area contributed by atoms with Crippen LogP contribution in [0.2, 0.25) is 0 Å². The zero-order valence-corrected chi connectivity index (χ0v) is 81.0. The molecule has 16 rings (SSSR count). The topological polar surface area (TPSA) is 457 Å². The summed E-state index contributed by atoms with van der Waals surface area (Å²) in [6.07, 6.45) is 21.6. The Kier molecular flexibility index (Phi) is 39.8. The van der Waals surface area contributed by atoms with Crippen LogP contribution in [0.3, 0.4) is 0 Å². The molecule has 0 N–H and O–H groups in total. The third-order valence-electron chi connectivity index (χ3n) is 16.9. The molecule has 5 radical (unpaired) electrons. The van der Waals surface area contributed by atoms with Crippen molar-refractivity contribution in [3.8, 4) is 69.3 Å². The molecule has 1 aliphatic rings. The largest absolute Gasteiger partial charge is 0.557 e. The van der Waals surface area contributed by atoms with Gasteiger partial charge in [0.1, 0.15) is 11.5 Å². The maximum Gasteiger partial charge on any atom is 0.416 e. The van der Waals surface area contributed by atoms with Gasteiger partial charge in [-0.05, 0) is 163 Å². The summed E-state index contributed by atoms with van der Waals surface area (Å²) in [6.45, 7) is 2.13. The van der Waals surface area contributed by atoms with Gasteiger partial charge in [0.2, 0.25) is 0 Å². The van der Waals surface area contributed by atoms with Crippen molar-refractivity contribution in [2.45, 2.75) is 71.3 Å². The summed E-state index contributed by atoms with van der Waals surface area (Å²) in [7, 11) is 8.92. The SMILES string of the molecule is CCOc1cccc(-n2nnn(C)c2=O)c1COc1cnc[c-]n1.COc1cccc(-n2nnn(C)c2=O)c1COc1cnc[c-]n1.Cn1nnn(-c2cccc(C(F)(F)F)c2COc2cnc[c-]n2)c1=O.Cn1nnn(-c2cccc(C(F)F)c2COc2cnc[c-]n2)c1=O.Cn1nnn(-c2cccc(C3CC3)c2COc2cnc[c-]n2)c1=O.[Y].[Y].[Y].[Y].[Y]. The fraction of sp³-hybridized carbons (Fsp3) is 0.247. The van der Waals surface area contributed by atoms with E-state index in [1.165, 1.54) is 152 Å². The molecule has 1 fully saturated rings. The normalized spacial score (nSPS) is 11.0. The molecule has 0 saturated heterocycles. The number of halogens is 5. The van der Waals surface area contributed by atoms with Crippen LogP contribution in [-0.2, 0) is 238 Å². The standard InChI is InChI=1S/C16H15N6O2.C15H15N6O3.C14H10F3N6O2.C14H11F2N6O2.C14H13N6O3.5Y/c1-21-16(23)22(20-19-21)14-4-2-3-12(11-5-6-11)13(14)10-24-15-9-17-7-8-18-15;1-3-23-13-6-4-5-12(21-15(22)20(2)18-19-21)11(13)10-24-14-9-16-7-8-17-14;1-22-13(24)23(21-20-22)11-4-2-3-10(14(15,16)17)9(11)8-25-12-7-18-5-6-19-12;1-21-14(23)22(20-19-21)11-4-2-3-9(13(15)16)10(11)8-24-12-7-17-5-6-18-12;1-19-14(21)20(18-17-19)11-4-3-5-12(22-2)10(11)9-23-13-8-15-6-7-16-13;;;;;/h2-4,7,9,11H,5-6,10H2,1H3;4-7,9H,3,10H2,1-2H3;2-5,7H,8H2,1H3;2-5,7,13H,8H2,1H3;3-6,8H,9H2,1-2H3;;;;;/q5*-1;;;;;. The number of ether oxygens (including phenoxy) is 7. The number of rotatable bonds is 25. The zero-order valence-electron chi connectivity index (χ0n) is 66.8. The molecule has 0 unspecified atom stereocenters. The van der Waals surface area contributed by atoms with Crippen molar-refractivity contribution in [1.29, 1.82) is 0 Å². The molecule has 0 spiro atoms. The van der Waals surface area contributed by atoms with Crippen molar-refractivity contribution in [3.63, 3.8) is 0 Å². The van der Waals surface area contributed by atoms with Crippen LogP contribution >= 0.6 is 0 Å². The Morgan fingerprint density at radius 2 is 0.664 bits per heavy atom. The van der Waals surface area contributed by atoms with Gasteiger partial charge >= 0.3 is 34.6 Å². The predicted molar refractivity (Wildman–Crippen MR) is 399 cm³/mol. The molecule has 0 amide bonds. The van der Waals surface area contributed by atoms with E-state index in [0.717, 1.165) is 52.6 Å². The summed E-state index contributed by atoms with van der Waals surface area (Å²) >= 11 is 0. The average Bonchev–Trinajstić information content (AvgIpc) is 1.48. The van der Waals surface area contributed by atoms with Crippen LogP contribution in [0.25, 0.3) is 28.4 Å². The molecule has 10 heterocycles. The second-order valence-electron chi connectivity index (χ2n) is 24.6. The molecule has 0 atom stereocenters. The number of nitrogens with zero attached hydrogens (tertiary/aromatic N) is 30. The monoisotopic (exact) mass is 2090 g/mol. The Labute approximate surface area is 828 Å². The van der Waals surface area contributed by atoms with Crippen LogP contribution in [0.4, 0.5) is 22.0 Å². The minimum atomic E-state index is -4.64. The molecule has 5 aromatic carbocycles. The van der Waals surface area contributed by atoms with E-state index in [4.69, 9.17) is 33.2 Å². The number of methoxy groups -OCH3 is 1. The molecule has 52 heteroatoms. The summed E-state index contributed by atoms with van der Waals surface area (Å²) in [5.41, 5.74) is 1.58. The van der Waals surface area contributed by atoms with Crippen molar-refractivity contribution in [2.75, 3.05) is 13.7 Å². The molecular formula is C73H64F5N30O12Y5-5. The number of alkyl halides is 5. The van der Waals surface area contributed by atoms with Gasteiger partial charge in [0.15, 0.2) is 0 Å². The number of benzene rings is 5. The fourth-order valence-electron chi connectivity index (χ4n) is 11.0. The van der Waals surface area contributed by atoms with E-state index >= 15 is 0 Å². The third-order valence-corrected chi connectivity index (χ3v) is 16.9. The molecule has 42 nitrogen and oxygen atoms in total. The van der Waals surface area contributed by atoms with Crippen LogP contribution in [0, 0.1) is 31.0 Å². The van der Waals surface area contributed by atoms with E-state index < -0.39 is 36.2 Å². The van der Waals surface area contributed by atoms with Gasteiger partial charge in [-0.3, -0.25) is 24.9 Å². The van der Waals surface area contributed by atoms with Gasteiger partial charge in [-0.15, -0.1) is 31.0 Å². The smallest absolute Gasteiger partial charge is 0.416 e. The summed E-state index contributed by atoms with van der Waals surface area (Å²) in [4.78, 5) is 99.1. The van der Waals surface area contributed by atoms with E-state index in [0.29, 0.717) is 69.9 Å². The van der Waals surface area contributed by atoms with Crippen molar-refractivity contribution >= 4 is 0 Å². The predicted octanol–water partition coefficient (Wildman–Crippen LogP) is 3.90. The van der Waals surface area contributed by atoms with Crippen molar-refractivity contribution in [2.24, 2.45) is 35.2 Å². The molecule has 1 saturated carbocycles. The Morgan fingerprint density at radius 1 is 0.376 bits per heavy atom. The first-order valence-electron chi connectivity index (χ1n) is 35.2. The molecule has 0 bridgehead atoms. The summed E-state index contributed by atoms with van der Waals surface area (Å²) < 4.78 is 116. The van der Waals surface area contributed by atoms with Crippen molar-refractivity contribution in [3.05, 3.63) is 281 Å². The number of hydrogen-bond donors (Lipinski definition) is 0. The van der Waals surface area contributed by atoms with Crippen LogP contribution in [0.5, 0.6) is 40.9 Å². The number of hydrogen-bond acceptors (Lipinski definition) is 32. The van der Waals surface area contributed by atoms with Crippen LogP contribution in [-0.4, -0.2) is 163 Å². The average molecular weight is 2090 g/mol. The van der Waals surface area contributed by atoms with E-state index in [1.54, 1.807) is 43.4 Å². The second kappa shape index (κ2) is 48.9. The summed E-state index contributed by atoms with van der Waals surface area (Å²) in [5, 5.41) is 37.3. The van der Waals surface area contributed by atoms with Gasteiger partial charge < -0.3 is 58.1 Å². The van der Waals surface area contributed by atoms with Crippen LogP contribution < -0.4 is 61.6 Å². The number of aryl methyl sites for hydroxylation is 5. The van der Waals surface area contributed by atoms with Gasteiger partial charge in [-0.1, -0.05) is 42.5 Å². The van der Waals surface area contributed by atoms with Gasteiger partial charge in [-0.2, -0.15) is 60.0 Å². The molecule has 125 heavy (non-hydrogen) atoms. The molecule has 10 aromatic heterocycles. The first kappa shape index (κ1) is 102. The Hall–Kier alpha value is -10.4.